The first-order chi connectivity index (χ1) is 14.2. The van der Waals surface area contributed by atoms with Crippen molar-refractivity contribution in [1.29, 1.82) is 0 Å². The van der Waals surface area contributed by atoms with E-state index in [2.05, 4.69) is 20.9 Å². The van der Waals surface area contributed by atoms with Gasteiger partial charge in [-0.05, 0) is 38.1 Å². The molecule has 0 radical (unpaired) electrons. The minimum Gasteiger partial charge on any atom is -0.490 e. The predicted octanol–water partition coefficient (Wildman–Crippen LogP) is 3.58. The van der Waals surface area contributed by atoms with Gasteiger partial charge in [-0.3, -0.25) is 9.79 Å². The second-order valence-corrected chi connectivity index (χ2v) is 6.72. The third kappa shape index (κ3) is 7.08. The molecule has 0 aromatic heterocycles. The quantitative estimate of drug-likeness (QED) is 0.233. The van der Waals surface area contributed by atoms with Crippen LogP contribution in [-0.2, 0) is 0 Å². The SMILES string of the molecule is CCNC(=NCCNC(=O)c1cccc(C)c1)Nc1ccc2c(c1)OCCCO2.I. The Balaban J connectivity index is 0.00000320. The van der Waals surface area contributed by atoms with Gasteiger partial charge in [0.1, 0.15) is 0 Å². The average Bonchev–Trinajstić information content (AvgIpc) is 2.96. The van der Waals surface area contributed by atoms with Crippen molar-refractivity contribution >= 4 is 41.5 Å². The zero-order chi connectivity index (χ0) is 20.5. The summed E-state index contributed by atoms with van der Waals surface area (Å²) in [5.41, 5.74) is 2.58. The molecule has 3 rings (SSSR count). The number of carbonyl (C=O) groups is 1. The fourth-order valence-electron chi connectivity index (χ4n) is 2.91. The van der Waals surface area contributed by atoms with E-state index in [1.54, 1.807) is 6.07 Å². The summed E-state index contributed by atoms with van der Waals surface area (Å²) in [6.45, 7) is 6.91. The summed E-state index contributed by atoms with van der Waals surface area (Å²) in [7, 11) is 0. The molecule has 0 fully saturated rings. The van der Waals surface area contributed by atoms with Crippen molar-refractivity contribution in [1.82, 2.24) is 10.6 Å². The van der Waals surface area contributed by atoms with Crippen LogP contribution in [0.1, 0.15) is 29.3 Å². The van der Waals surface area contributed by atoms with Crippen LogP contribution in [0.25, 0.3) is 0 Å². The molecule has 2 aromatic carbocycles. The largest absolute Gasteiger partial charge is 0.490 e. The number of halogens is 1. The number of fused-ring (bicyclic) bond motifs is 1. The van der Waals surface area contributed by atoms with E-state index in [0.29, 0.717) is 37.8 Å². The maximum atomic E-state index is 12.2. The molecule has 0 saturated carbocycles. The average molecular weight is 524 g/mol. The lowest BCUT2D eigenvalue weighted by Crippen LogP contribution is -2.32. The number of nitrogens with zero attached hydrogens (tertiary/aromatic N) is 1. The van der Waals surface area contributed by atoms with Gasteiger partial charge in [-0.1, -0.05) is 17.7 Å². The van der Waals surface area contributed by atoms with Crippen LogP contribution < -0.4 is 25.4 Å². The van der Waals surface area contributed by atoms with E-state index in [1.807, 2.05) is 50.2 Å². The number of rotatable bonds is 6. The molecular formula is C22H29IN4O3. The molecule has 162 valence electrons. The first-order valence-electron chi connectivity index (χ1n) is 9.95. The number of ether oxygens (including phenoxy) is 2. The number of benzene rings is 2. The Morgan fingerprint density at radius 1 is 1.07 bits per heavy atom. The van der Waals surface area contributed by atoms with Crippen molar-refractivity contribution in [2.45, 2.75) is 20.3 Å². The molecule has 2 aromatic rings. The highest BCUT2D eigenvalue weighted by Crippen LogP contribution is 2.32. The molecule has 7 nitrogen and oxygen atoms in total. The Hall–Kier alpha value is -2.49. The Labute approximate surface area is 194 Å². The summed E-state index contributed by atoms with van der Waals surface area (Å²) in [6, 6.07) is 13.3. The van der Waals surface area contributed by atoms with Crippen LogP contribution in [0.3, 0.4) is 0 Å². The van der Waals surface area contributed by atoms with Crippen molar-refractivity contribution in [3.05, 3.63) is 53.6 Å². The molecule has 30 heavy (non-hydrogen) atoms. The van der Waals surface area contributed by atoms with E-state index in [0.717, 1.165) is 35.7 Å². The minimum absolute atomic E-state index is 0. The van der Waals surface area contributed by atoms with Crippen LogP contribution in [0.4, 0.5) is 5.69 Å². The molecule has 0 bridgehead atoms. The van der Waals surface area contributed by atoms with Crippen molar-refractivity contribution in [2.75, 3.05) is 38.2 Å². The lowest BCUT2D eigenvalue weighted by Gasteiger charge is -2.14. The third-order valence-corrected chi connectivity index (χ3v) is 4.30. The highest BCUT2D eigenvalue weighted by molar-refractivity contribution is 14.0. The van der Waals surface area contributed by atoms with Crippen LogP contribution in [0.5, 0.6) is 11.5 Å². The molecule has 1 aliphatic rings. The Morgan fingerprint density at radius 3 is 2.63 bits per heavy atom. The number of carbonyl (C=O) groups excluding carboxylic acids is 1. The zero-order valence-corrected chi connectivity index (χ0v) is 19.7. The highest BCUT2D eigenvalue weighted by Gasteiger charge is 2.11. The van der Waals surface area contributed by atoms with Gasteiger partial charge in [0, 0.05) is 36.8 Å². The van der Waals surface area contributed by atoms with Gasteiger partial charge >= 0.3 is 0 Å². The zero-order valence-electron chi connectivity index (χ0n) is 17.4. The molecule has 0 atom stereocenters. The predicted molar refractivity (Wildman–Crippen MR) is 131 cm³/mol. The number of hydrogen-bond donors (Lipinski definition) is 3. The summed E-state index contributed by atoms with van der Waals surface area (Å²) in [6.07, 6.45) is 0.871. The van der Waals surface area contributed by atoms with Gasteiger partial charge in [0.15, 0.2) is 17.5 Å². The van der Waals surface area contributed by atoms with Gasteiger partial charge in [0.2, 0.25) is 0 Å². The van der Waals surface area contributed by atoms with Crippen molar-refractivity contribution in [2.24, 2.45) is 4.99 Å². The van der Waals surface area contributed by atoms with Crippen LogP contribution in [0.15, 0.2) is 47.5 Å². The number of nitrogens with one attached hydrogen (secondary N) is 3. The molecule has 0 aliphatic carbocycles. The maximum Gasteiger partial charge on any atom is 0.251 e. The van der Waals surface area contributed by atoms with Crippen LogP contribution >= 0.6 is 24.0 Å². The summed E-state index contributed by atoms with van der Waals surface area (Å²) in [5.74, 6) is 2.04. The van der Waals surface area contributed by atoms with Gasteiger partial charge in [-0.25, -0.2) is 0 Å². The number of amides is 1. The topological polar surface area (TPSA) is 84.0 Å². The van der Waals surface area contributed by atoms with Crippen LogP contribution in [-0.4, -0.2) is 44.7 Å². The molecule has 0 spiro atoms. The number of guanidine groups is 1. The molecule has 8 heteroatoms. The standard InChI is InChI=1S/C22H28N4O3.HI/c1-3-23-22(25-11-10-24-21(27)17-7-4-6-16(2)14-17)26-18-8-9-19-20(15-18)29-13-5-12-28-19;/h4,6-9,14-15H,3,5,10-13H2,1-2H3,(H,24,27)(H2,23,25,26);1H. The molecule has 0 unspecified atom stereocenters. The Bertz CT molecular complexity index is 873. The molecule has 0 saturated heterocycles. The van der Waals surface area contributed by atoms with Crippen LogP contribution in [0, 0.1) is 6.92 Å². The van der Waals surface area contributed by atoms with E-state index in [9.17, 15) is 4.79 Å². The number of aryl methyl sites for hydroxylation is 1. The molecule has 1 aliphatic heterocycles. The second-order valence-electron chi connectivity index (χ2n) is 6.72. The van der Waals surface area contributed by atoms with E-state index >= 15 is 0 Å². The monoisotopic (exact) mass is 524 g/mol. The summed E-state index contributed by atoms with van der Waals surface area (Å²) in [5, 5.41) is 9.37. The van der Waals surface area contributed by atoms with E-state index in [4.69, 9.17) is 9.47 Å². The molecule has 1 amide bonds. The fourth-order valence-corrected chi connectivity index (χ4v) is 2.91. The number of hydrogen-bond acceptors (Lipinski definition) is 4. The Kier molecular flexibility index (Phi) is 9.72. The Morgan fingerprint density at radius 2 is 1.87 bits per heavy atom. The van der Waals surface area contributed by atoms with E-state index in [1.165, 1.54) is 0 Å². The second kappa shape index (κ2) is 12.3. The molecule has 1 heterocycles. The van der Waals surface area contributed by atoms with Gasteiger partial charge in [0.25, 0.3) is 5.91 Å². The maximum absolute atomic E-state index is 12.2. The fraction of sp³-hybridized carbons (Fsp3) is 0.364. The number of aliphatic imine (C=N–C) groups is 1. The van der Waals surface area contributed by atoms with E-state index < -0.39 is 0 Å². The van der Waals surface area contributed by atoms with Gasteiger partial charge in [-0.2, -0.15) is 0 Å². The smallest absolute Gasteiger partial charge is 0.251 e. The van der Waals surface area contributed by atoms with Crippen LogP contribution in [0.2, 0.25) is 0 Å². The van der Waals surface area contributed by atoms with Crippen molar-refractivity contribution in [3.8, 4) is 11.5 Å². The minimum atomic E-state index is -0.0928. The van der Waals surface area contributed by atoms with Gasteiger partial charge in [0.05, 0.1) is 19.8 Å². The van der Waals surface area contributed by atoms with Crippen molar-refractivity contribution in [3.63, 3.8) is 0 Å². The molecular weight excluding hydrogens is 495 g/mol. The third-order valence-electron chi connectivity index (χ3n) is 4.30. The highest BCUT2D eigenvalue weighted by atomic mass is 127. The lowest BCUT2D eigenvalue weighted by atomic mass is 10.1. The number of anilines is 1. The van der Waals surface area contributed by atoms with E-state index in [-0.39, 0.29) is 29.9 Å². The lowest BCUT2D eigenvalue weighted by molar-refractivity contribution is 0.0954. The van der Waals surface area contributed by atoms with Gasteiger partial charge < -0.3 is 25.4 Å². The summed E-state index contributed by atoms with van der Waals surface area (Å²) >= 11 is 0. The van der Waals surface area contributed by atoms with Gasteiger partial charge in [-0.15, -0.1) is 24.0 Å². The normalized spacial score (nSPS) is 12.9. The first kappa shape index (κ1) is 23.8. The molecule has 3 N–H and O–H groups in total. The summed E-state index contributed by atoms with van der Waals surface area (Å²) < 4.78 is 11.4. The van der Waals surface area contributed by atoms with Crippen molar-refractivity contribution < 1.29 is 14.3 Å². The first-order valence-corrected chi connectivity index (χ1v) is 9.95. The summed E-state index contributed by atoms with van der Waals surface area (Å²) in [4.78, 5) is 16.7.